The van der Waals surface area contributed by atoms with E-state index < -0.39 is 0 Å². The van der Waals surface area contributed by atoms with Crippen LogP contribution in [0.4, 0.5) is 0 Å². The van der Waals surface area contributed by atoms with E-state index in [1.165, 1.54) is 67.7 Å². The molecule has 2 aromatic rings. The second kappa shape index (κ2) is 11.3. The van der Waals surface area contributed by atoms with E-state index >= 15 is 0 Å². The van der Waals surface area contributed by atoms with Gasteiger partial charge in [-0.05, 0) is 29.2 Å². The highest BCUT2D eigenvalue weighted by Crippen LogP contribution is 2.20. The van der Waals surface area contributed by atoms with Crippen molar-refractivity contribution in [1.82, 2.24) is 0 Å². The number of fused-ring (bicyclic) bond motifs is 1. The van der Waals surface area contributed by atoms with Gasteiger partial charge in [0.15, 0.2) is 0 Å². The van der Waals surface area contributed by atoms with Crippen molar-refractivity contribution in [1.29, 1.82) is 0 Å². The third-order valence-electron chi connectivity index (χ3n) is 3.93. The van der Waals surface area contributed by atoms with Gasteiger partial charge < -0.3 is 5.11 Å². The van der Waals surface area contributed by atoms with Crippen molar-refractivity contribution in [2.75, 3.05) is 7.11 Å². The van der Waals surface area contributed by atoms with Crippen molar-refractivity contribution < 1.29 is 5.11 Å². The molecule has 21 heavy (non-hydrogen) atoms. The lowest BCUT2D eigenvalue weighted by Gasteiger charge is -2.06. The minimum Gasteiger partial charge on any atom is -0.400 e. The molecule has 0 aliphatic rings. The minimum atomic E-state index is 1.00. The molecule has 0 aliphatic heterocycles. The Bertz CT molecular complexity index is 485. The van der Waals surface area contributed by atoms with E-state index in [1.807, 2.05) is 0 Å². The maximum absolute atomic E-state index is 7.00. The van der Waals surface area contributed by atoms with Crippen LogP contribution in [0.25, 0.3) is 10.8 Å². The molecule has 0 atom stereocenters. The van der Waals surface area contributed by atoms with E-state index in [4.69, 9.17) is 5.11 Å². The van der Waals surface area contributed by atoms with Crippen molar-refractivity contribution in [2.24, 2.45) is 0 Å². The SMILES string of the molecule is CCCCCCCCCc1cccc2ccccc12.CO. The Morgan fingerprint density at radius 3 is 2.10 bits per heavy atom. The third kappa shape index (κ3) is 6.31. The molecule has 1 nitrogen and oxygen atoms in total. The lowest BCUT2D eigenvalue weighted by atomic mass is 9.99. The molecular weight excluding hydrogens is 256 g/mol. The van der Waals surface area contributed by atoms with Crippen molar-refractivity contribution in [3.05, 3.63) is 48.0 Å². The van der Waals surface area contributed by atoms with Gasteiger partial charge in [0.2, 0.25) is 0 Å². The zero-order chi connectivity index (χ0) is 15.3. The highest BCUT2D eigenvalue weighted by molar-refractivity contribution is 5.85. The molecule has 1 N–H and O–H groups in total. The molecule has 116 valence electrons. The number of aryl methyl sites for hydroxylation is 1. The van der Waals surface area contributed by atoms with Gasteiger partial charge in [-0.1, -0.05) is 87.9 Å². The second-order valence-electron chi connectivity index (χ2n) is 5.51. The zero-order valence-corrected chi connectivity index (χ0v) is 13.6. The van der Waals surface area contributed by atoms with Crippen molar-refractivity contribution in [3.63, 3.8) is 0 Å². The highest BCUT2D eigenvalue weighted by atomic mass is 16.2. The molecule has 2 aromatic carbocycles. The summed E-state index contributed by atoms with van der Waals surface area (Å²) in [6.07, 6.45) is 10.9. The van der Waals surface area contributed by atoms with Crippen LogP contribution in [0.15, 0.2) is 42.5 Å². The molecule has 0 radical (unpaired) electrons. The molecule has 2 rings (SSSR count). The van der Waals surface area contributed by atoms with Gasteiger partial charge in [0.25, 0.3) is 0 Å². The smallest absolute Gasteiger partial charge is 0.0319 e. The average molecular weight is 286 g/mol. The zero-order valence-electron chi connectivity index (χ0n) is 13.6. The van der Waals surface area contributed by atoms with Gasteiger partial charge in [-0.2, -0.15) is 0 Å². The summed E-state index contributed by atoms with van der Waals surface area (Å²) in [6, 6.07) is 15.4. The lowest BCUT2D eigenvalue weighted by molar-refractivity contribution is 0.399. The van der Waals surface area contributed by atoms with Crippen LogP contribution in [-0.2, 0) is 6.42 Å². The van der Waals surface area contributed by atoms with E-state index in [0.29, 0.717) is 0 Å². The van der Waals surface area contributed by atoms with Crippen LogP contribution in [0.5, 0.6) is 0 Å². The number of aliphatic hydroxyl groups is 1. The third-order valence-corrected chi connectivity index (χ3v) is 3.93. The lowest BCUT2D eigenvalue weighted by Crippen LogP contribution is -1.88. The number of rotatable bonds is 8. The molecular formula is C20H30O. The number of unbranched alkanes of at least 4 members (excludes halogenated alkanes) is 6. The number of benzene rings is 2. The maximum Gasteiger partial charge on any atom is 0.0319 e. The Morgan fingerprint density at radius 2 is 1.33 bits per heavy atom. The fourth-order valence-corrected chi connectivity index (χ4v) is 2.78. The Kier molecular flexibility index (Phi) is 9.56. The van der Waals surface area contributed by atoms with Crippen LogP contribution < -0.4 is 0 Å². The van der Waals surface area contributed by atoms with Crippen LogP contribution >= 0.6 is 0 Å². The first-order chi connectivity index (χ1) is 10.4. The molecule has 0 amide bonds. The average Bonchev–Trinajstić information content (AvgIpc) is 2.56. The van der Waals surface area contributed by atoms with Crippen molar-refractivity contribution >= 4 is 10.8 Å². The molecule has 0 unspecified atom stereocenters. The predicted molar refractivity (Wildman–Crippen MR) is 93.8 cm³/mol. The predicted octanol–water partition coefficient (Wildman–Crippen LogP) is 5.74. The van der Waals surface area contributed by atoms with E-state index in [2.05, 4.69) is 49.4 Å². The Balaban J connectivity index is 0.00000106. The molecule has 0 bridgehead atoms. The van der Waals surface area contributed by atoms with E-state index in [1.54, 1.807) is 0 Å². The van der Waals surface area contributed by atoms with Gasteiger partial charge in [0.1, 0.15) is 0 Å². The summed E-state index contributed by atoms with van der Waals surface area (Å²) in [6.45, 7) is 2.28. The Hall–Kier alpha value is -1.34. The first-order valence-electron chi connectivity index (χ1n) is 8.33. The normalized spacial score (nSPS) is 10.2. The minimum absolute atomic E-state index is 1.00. The first kappa shape index (κ1) is 17.7. The summed E-state index contributed by atoms with van der Waals surface area (Å²) in [5.74, 6) is 0. The molecule has 0 saturated carbocycles. The molecule has 0 saturated heterocycles. The second-order valence-corrected chi connectivity index (χ2v) is 5.51. The van der Waals surface area contributed by atoms with Gasteiger partial charge in [0, 0.05) is 7.11 Å². The summed E-state index contributed by atoms with van der Waals surface area (Å²) in [5, 5.41) is 9.82. The number of hydrogen-bond acceptors (Lipinski definition) is 1. The summed E-state index contributed by atoms with van der Waals surface area (Å²) in [4.78, 5) is 0. The molecule has 0 spiro atoms. The van der Waals surface area contributed by atoms with E-state index in [9.17, 15) is 0 Å². The number of hydrogen-bond donors (Lipinski definition) is 1. The van der Waals surface area contributed by atoms with Gasteiger partial charge in [-0.3, -0.25) is 0 Å². The highest BCUT2D eigenvalue weighted by Gasteiger charge is 1.99. The van der Waals surface area contributed by atoms with E-state index in [0.717, 1.165) is 7.11 Å². The van der Waals surface area contributed by atoms with Gasteiger partial charge >= 0.3 is 0 Å². The Labute approximate surface area is 130 Å². The molecule has 0 fully saturated rings. The summed E-state index contributed by atoms with van der Waals surface area (Å²) < 4.78 is 0. The van der Waals surface area contributed by atoms with Crippen LogP contribution in [0, 0.1) is 0 Å². The van der Waals surface area contributed by atoms with Crippen LogP contribution in [0.3, 0.4) is 0 Å². The molecule has 0 heterocycles. The van der Waals surface area contributed by atoms with Gasteiger partial charge in [-0.15, -0.1) is 0 Å². The van der Waals surface area contributed by atoms with Gasteiger partial charge in [-0.25, -0.2) is 0 Å². The fourth-order valence-electron chi connectivity index (χ4n) is 2.78. The molecule has 0 aliphatic carbocycles. The van der Waals surface area contributed by atoms with Crippen LogP contribution in [-0.4, -0.2) is 12.2 Å². The first-order valence-corrected chi connectivity index (χ1v) is 8.33. The summed E-state index contributed by atoms with van der Waals surface area (Å²) >= 11 is 0. The fraction of sp³-hybridized carbons (Fsp3) is 0.500. The monoisotopic (exact) mass is 286 g/mol. The van der Waals surface area contributed by atoms with Gasteiger partial charge in [0.05, 0.1) is 0 Å². The molecule has 0 aromatic heterocycles. The van der Waals surface area contributed by atoms with E-state index in [-0.39, 0.29) is 0 Å². The largest absolute Gasteiger partial charge is 0.400 e. The summed E-state index contributed by atoms with van der Waals surface area (Å²) in [7, 11) is 1.00. The molecule has 1 heteroatoms. The number of aliphatic hydroxyl groups excluding tert-OH is 1. The van der Waals surface area contributed by atoms with Crippen molar-refractivity contribution in [2.45, 2.75) is 58.3 Å². The van der Waals surface area contributed by atoms with Crippen molar-refractivity contribution in [3.8, 4) is 0 Å². The maximum atomic E-state index is 7.00. The van der Waals surface area contributed by atoms with Crippen LogP contribution in [0.2, 0.25) is 0 Å². The topological polar surface area (TPSA) is 20.2 Å². The quantitative estimate of drug-likeness (QED) is 0.613. The Morgan fingerprint density at radius 1 is 0.714 bits per heavy atom. The summed E-state index contributed by atoms with van der Waals surface area (Å²) in [5.41, 5.74) is 1.52. The van der Waals surface area contributed by atoms with Crippen LogP contribution in [0.1, 0.15) is 57.4 Å². The standard InChI is InChI=1S/C19H26.CH4O/c1-2-3-4-5-6-7-8-12-17-14-11-15-18-13-9-10-16-19(17)18;1-2/h9-11,13-16H,2-8,12H2,1H3;2H,1H3.